The van der Waals surface area contributed by atoms with Crippen molar-refractivity contribution in [3.05, 3.63) is 71.3 Å². The van der Waals surface area contributed by atoms with E-state index < -0.39 is 17.7 Å². The summed E-state index contributed by atoms with van der Waals surface area (Å²) in [6, 6.07) is 11.8. The number of anilines is 1. The average Bonchev–Trinajstić information content (AvgIpc) is 2.88. The Bertz CT molecular complexity index is 1320. The van der Waals surface area contributed by atoms with Crippen molar-refractivity contribution < 1.29 is 23.8 Å². The first-order valence-corrected chi connectivity index (χ1v) is 13.8. The SMILES string of the molecule is Cc1cc(N2CCC(C)(C)CC2)c(-c2ccc(C(OC(C)(C)C)C(=O)O)c(OCCc3ccc(F)cc3)n2)cn1. The van der Waals surface area contributed by atoms with Gasteiger partial charge in [-0.2, -0.15) is 0 Å². The van der Waals surface area contributed by atoms with E-state index in [4.69, 9.17) is 14.5 Å². The monoisotopic (exact) mass is 549 g/mol. The average molecular weight is 550 g/mol. The molecular weight excluding hydrogens is 509 g/mol. The molecule has 0 spiro atoms. The first kappa shape index (κ1) is 29.5. The third kappa shape index (κ3) is 7.56. The summed E-state index contributed by atoms with van der Waals surface area (Å²) in [5, 5.41) is 10.1. The predicted octanol–water partition coefficient (Wildman–Crippen LogP) is 6.78. The number of hydrogen-bond acceptors (Lipinski definition) is 6. The van der Waals surface area contributed by atoms with Crippen LogP contribution in [0.1, 0.15) is 70.4 Å². The molecule has 214 valence electrons. The number of pyridine rings is 2. The van der Waals surface area contributed by atoms with Gasteiger partial charge in [0.25, 0.3) is 0 Å². The lowest BCUT2D eigenvalue weighted by molar-refractivity contribution is -0.160. The highest BCUT2D eigenvalue weighted by Gasteiger charge is 2.31. The largest absolute Gasteiger partial charge is 0.479 e. The van der Waals surface area contributed by atoms with Crippen LogP contribution in [-0.4, -0.2) is 46.3 Å². The minimum atomic E-state index is -1.26. The van der Waals surface area contributed by atoms with Gasteiger partial charge < -0.3 is 19.5 Å². The van der Waals surface area contributed by atoms with Crippen molar-refractivity contribution in [2.45, 2.75) is 72.5 Å². The smallest absolute Gasteiger partial charge is 0.337 e. The first-order valence-electron chi connectivity index (χ1n) is 13.8. The van der Waals surface area contributed by atoms with Crippen LogP contribution in [0.5, 0.6) is 5.88 Å². The van der Waals surface area contributed by atoms with Gasteiger partial charge >= 0.3 is 5.97 Å². The van der Waals surface area contributed by atoms with Crippen molar-refractivity contribution in [2.75, 3.05) is 24.6 Å². The fourth-order valence-corrected chi connectivity index (χ4v) is 4.79. The third-order valence-electron chi connectivity index (χ3n) is 7.16. The molecule has 8 heteroatoms. The Balaban J connectivity index is 1.71. The number of aliphatic carboxylic acids is 1. The van der Waals surface area contributed by atoms with Gasteiger partial charge in [0.2, 0.25) is 5.88 Å². The lowest BCUT2D eigenvalue weighted by Crippen LogP contribution is -2.37. The van der Waals surface area contributed by atoms with Crippen LogP contribution in [0.2, 0.25) is 0 Å². The van der Waals surface area contributed by atoms with Gasteiger partial charge in [0, 0.05) is 42.7 Å². The van der Waals surface area contributed by atoms with Crippen LogP contribution in [0.15, 0.2) is 48.7 Å². The molecule has 7 nitrogen and oxygen atoms in total. The molecule has 0 amide bonds. The Hall–Kier alpha value is -3.52. The number of carboxylic acid groups (broad SMARTS) is 1. The van der Waals surface area contributed by atoms with Gasteiger partial charge in [-0.1, -0.05) is 26.0 Å². The van der Waals surface area contributed by atoms with E-state index in [1.807, 2.05) is 40.0 Å². The minimum Gasteiger partial charge on any atom is -0.479 e. The molecule has 4 rings (SSSR count). The Labute approximate surface area is 236 Å². The molecule has 1 N–H and O–H groups in total. The van der Waals surface area contributed by atoms with Gasteiger partial charge in [0.15, 0.2) is 6.10 Å². The number of carboxylic acids is 1. The number of hydrogen-bond donors (Lipinski definition) is 1. The Morgan fingerprint density at radius 1 is 1.12 bits per heavy atom. The molecule has 1 aromatic carbocycles. The van der Waals surface area contributed by atoms with Crippen molar-refractivity contribution in [1.29, 1.82) is 0 Å². The molecule has 1 aliphatic heterocycles. The number of halogens is 1. The van der Waals surface area contributed by atoms with Gasteiger partial charge in [0.05, 0.1) is 23.5 Å². The number of nitrogens with zero attached hydrogens (tertiary/aromatic N) is 3. The van der Waals surface area contributed by atoms with Crippen LogP contribution < -0.4 is 9.64 Å². The maximum Gasteiger partial charge on any atom is 0.337 e. The van der Waals surface area contributed by atoms with Crippen LogP contribution >= 0.6 is 0 Å². The second kappa shape index (κ2) is 11.9. The molecule has 0 saturated carbocycles. The fraction of sp³-hybridized carbons (Fsp3) is 0.469. The topological polar surface area (TPSA) is 84.8 Å². The number of piperidine rings is 1. The molecule has 1 aliphatic rings. The van der Waals surface area contributed by atoms with Crippen molar-refractivity contribution in [2.24, 2.45) is 5.41 Å². The van der Waals surface area contributed by atoms with Crippen LogP contribution in [0, 0.1) is 18.2 Å². The molecular formula is C32H40FN3O4. The molecule has 3 heterocycles. The lowest BCUT2D eigenvalue weighted by atomic mass is 9.82. The highest BCUT2D eigenvalue weighted by molar-refractivity contribution is 5.78. The molecule has 40 heavy (non-hydrogen) atoms. The quantitative estimate of drug-likeness (QED) is 0.315. The van der Waals surface area contributed by atoms with Crippen molar-refractivity contribution in [1.82, 2.24) is 9.97 Å². The summed E-state index contributed by atoms with van der Waals surface area (Å²) >= 11 is 0. The zero-order chi connectivity index (χ0) is 29.1. The van der Waals surface area contributed by atoms with E-state index in [9.17, 15) is 14.3 Å². The van der Waals surface area contributed by atoms with E-state index in [0.29, 0.717) is 23.1 Å². The summed E-state index contributed by atoms with van der Waals surface area (Å²) in [6.45, 7) is 14.1. The van der Waals surface area contributed by atoms with E-state index in [2.05, 4.69) is 29.8 Å². The maximum atomic E-state index is 13.3. The predicted molar refractivity (Wildman–Crippen MR) is 154 cm³/mol. The van der Waals surface area contributed by atoms with Crippen LogP contribution in [0.3, 0.4) is 0 Å². The summed E-state index contributed by atoms with van der Waals surface area (Å²) in [4.78, 5) is 24.1. The van der Waals surface area contributed by atoms with Crippen molar-refractivity contribution in [3.63, 3.8) is 0 Å². The van der Waals surface area contributed by atoms with Crippen molar-refractivity contribution in [3.8, 4) is 17.1 Å². The number of benzene rings is 1. The van der Waals surface area contributed by atoms with E-state index in [0.717, 1.165) is 48.4 Å². The Morgan fingerprint density at radius 3 is 2.42 bits per heavy atom. The van der Waals surface area contributed by atoms with Crippen LogP contribution in [0.4, 0.5) is 10.1 Å². The Morgan fingerprint density at radius 2 is 1.80 bits per heavy atom. The second-order valence-electron chi connectivity index (χ2n) is 12.3. The van der Waals surface area contributed by atoms with E-state index >= 15 is 0 Å². The van der Waals surface area contributed by atoms with E-state index in [1.165, 1.54) is 12.1 Å². The number of aromatic nitrogens is 2. The van der Waals surface area contributed by atoms with Crippen LogP contribution in [-0.2, 0) is 16.0 Å². The molecule has 0 bridgehead atoms. The zero-order valence-corrected chi connectivity index (χ0v) is 24.3. The standard InChI is InChI=1S/C32H40FN3O4/c1-21-19-27(36-16-14-32(5,6)15-17-36)25(20-34-21)26-12-11-24(28(30(37)38)40-31(2,3)4)29(35-26)39-18-13-22-7-9-23(33)10-8-22/h7-12,19-20,28H,13-18H2,1-6H3,(H,37,38). The van der Waals surface area contributed by atoms with Gasteiger partial charge in [-0.15, -0.1) is 0 Å². The lowest BCUT2D eigenvalue weighted by Gasteiger charge is -2.39. The molecule has 1 atom stereocenters. The molecule has 1 saturated heterocycles. The number of aryl methyl sites for hydroxylation is 1. The molecule has 3 aromatic rings. The van der Waals surface area contributed by atoms with E-state index in [1.54, 1.807) is 18.2 Å². The van der Waals surface area contributed by atoms with Gasteiger partial charge in [-0.25, -0.2) is 14.2 Å². The number of ether oxygens (including phenoxy) is 2. The molecule has 2 aromatic heterocycles. The fourth-order valence-electron chi connectivity index (χ4n) is 4.79. The molecule has 1 unspecified atom stereocenters. The summed E-state index contributed by atoms with van der Waals surface area (Å²) in [5.41, 5.74) is 4.33. The zero-order valence-electron chi connectivity index (χ0n) is 24.3. The summed E-state index contributed by atoms with van der Waals surface area (Å²) in [5.74, 6) is -1.23. The maximum absolute atomic E-state index is 13.3. The first-order chi connectivity index (χ1) is 18.8. The number of rotatable bonds is 9. The van der Waals surface area contributed by atoms with Crippen LogP contribution in [0.25, 0.3) is 11.3 Å². The molecule has 1 fully saturated rings. The van der Waals surface area contributed by atoms with Gasteiger partial charge in [0.1, 0.15) is 5.82 Å². The van der Waals surface area contributed by atoms with Gasteiger partial charge in [-0.05, 0) is 81.8 Å². The second-order valence-corrected chi connectivity index (χ2v) is 12.3. The van der Waals surface area contributed by atoms with Gasteiger partial charge in [-0.3, -0.25) is 4.98 Å². The normalized spacial score (nSPS) is 16.0. The van der Waals surface area contributed by atoms with E-state index in [-0.39, 0.29) is 18.3 Å². The molecule has 0 aliphatic carbocycles. The summed E-state index contributed by atoms with van der Waals surface area (Å²) in [7, 11) is 0. The minimum absolute atomic E-state index is 0.197. The number of carbonyl (C=O) groups is 1. The molecule has 0 radical (unpaired) electrons. The third-order valence-corrected chi connectivity index (χ3v) is 7.16. The summed E-state index contributed by atoms with van der Waals surface area (Å²) < 4.78 is 25.4. The Kier molecular flexibility index (Phi) is 8.78. The van der Waals surface area contributed by atoms with Crippen molar-refractivity contribution >= 4 is 11.7 Å². The highest BCUT2D eigenvalue weighted by Crippen LogP contribution is 2.38. The summed E-state index contributed by atoms with van der Waals surface area (Å²) in [6.07, 6.45) is 3.24. The highest BCUT2D eigenvalue weighted by atomic mass is 19.1.